The SMILES string of the molecule is Br.COc1ccc(N(C)C(=O)CSc2ncc[nH]2)c(C(=O)c2ccccc2)c1. The second-order valence-electron chi connectivity index (χ2n) is 5.71. The van der Waals surface area contributed by atoms with Crippen LogP contribution in [-0.4, -0.2) is 41.6 Å². The molecule has 0 saturated heterocycles. The Morgan fingerprint density at radius 3 is 2.57 bits per heavy atom. The predicted octanol–water partition coefficient (Wildman–Crippen LogP) is 3.98. The van der Waals surface area contributed by atoms with Gasteiger partial charge >= 0.3 is 0 Å². The number of halogens is 1. The van der Waals surface area contributed by atoms with Gasteiger partial charge in [-0.15, -0.1) is 17.0 Å². The molecular weight excluding hydrogens is 442 g/mol. The van der Waals surface area contributed by atoms with E-state index in [1.165, 1.54) is 16.7 Å². The van der Waals surface area contributed by atoms with Gasteiger partial charge in [0.05, 0.1) is 18.6 Å². The van der Waals surface area contributed by atoms with Gasteiger partial charge in [-0.2, -0.15) is 0 Å². The van der Waals surface area contributed by atoms with Crippen LogP contribution in [0.1, 0.15) is 15.9 Å². The first kappa shape index (κ1) is 21.7. The summed E-state index contributed by atoms with van der Waals surface area (Å²) in [5.74, 6) is 0.463. The van der Waals surface area contributed by atoms with Crippen molar-refractivity contribution in [2.24, 2.45) is 0 Å². The molecule has 3 aromatic rings. The molecule has 28 heavy (non-hydrogen) atoms. The number of imidazole rings is 1. The second-order valence-corrected chi connectivity index (χ2v) is 6.68. The van der Waals surface area contributed by atoms with Gasteiger partial charge in [0.2, 0.25) is 5.91 Å². The van der Waals surface area contributed by atoms with Crippen molar-refractivity contribution in [1.29, 1.82) is 0 Å². The second kappa shape index (κ2) is 10.1. The first-order valence-electron chi connectivity index (χ1n) is 8.26. The molecule has 146 valence electrons. The molecule has 0 aliphatic heterocycles. The molecule has 1 aromatic heterocycles. The van der Waals surface area contributed by atoms with E-state index in [9.17, 15) is 9.59 Å². The molecule has 6 nitrogen and oxygen atoms in total. The van der Waals surface area contributed by atoms with Crippen LogP contribution in [0, 0.1) is 0 Å². The molecule has 2 aromatic carbocycles. The number of ketones is 1. The average molecular weight is 462 g/mol. The normalized spacial score (nSPS) is 10.1. The Kier molecular flexibility index (Phi) is 7.83. The lowest BCUT2D eigenvalue weighted by Crippen LogP contribution is -2.29. The Balaban J connectivity index is 0.00000280. The van der Waals surface area contributed by atoms with E-state index < -0.39 is 0 Å². The third-order valence-electron chi connectivity index (χ3n) is 4.03. The van der Waals surface area contributed by atoms with Crippen molar-refractivity contribution in [2.45, 2.75) is 5.16 Å². The van der Waals surface area contributed by atoms with Crippen LogP contribution in [0.15, 0.2) is 66.1 Å². The number of anilines is 1. The van der Waals surface area contributed by atoms with Crippen LogP contribution in [0.2, 0.25) is 0 Å². The summed E-state index contributed by atoms with van der Waals surface area (Å²) >= 11 is 1.31. The number of nitrogens with zero attached hydrogens (tertiary/aromatic N) is 2. The monoisotopic (exact) mass is 461 g/mol. The van der Waals surface area contributed by atoms with Crippen LogP contribution in [0.5, 0.6) is 5.75 Å². The van der Waals surface area contributed by atoms with E-state index in [2.05, 4.69) is 9.97 Å². The molecule has 0 atom stereocenters. The lowest BCUT2D eigenvalue weighted by atomic mass is 10.0. The molecule has 8 heteroatoms. The molecule has 0 bridgehead atoms. The number of rotatable bonds is 7. The highest BCUT2D eigenvalue weighted by molar-refractivity contribution is 8.93. The fourth-order valence-electron chi connectivity index (χ4n) is 2.55. The number of carbonyl (C=O) groups is 2. The summed E-state index contributed by atoms with van der Waals surface area (Å²) in [7, 11) is 3.20. The van der Waals surface area contributed by atoms with Crippen LogP contribution >= 0.6 is 28.7 Å². The molecule has 0 spiro atoms. The van der Waals surface area contributed by atoms with Crippen LogP contribution in [0.25, 0.3) is 0 Å². The van der Waals surface area contributed by atoms with Gasteiger partial charge in [0.15, 0.2) is 10.9 Å². The number of hydrogen-bond acceptors (Lipinski definition) is 5. The molecule has 0 aliphatic rings. The molecule has 0 fully saturated rings. The summed E-state index contributed by atoms with van der Waals surface area (Å²) in [4.78, 5) is 34.2. The highest BCUT2D eigenvalue weighted by Crippen LogP contribution is 2.28. The van der Waals surface area contributed by atoms with Gasteiger partial charge in [0.1, 0.15) is 5.75 Å². The molecule has 0 unspecified atom stereocenters. The van der Waals surface area contributed by atoms with Crippen molar-refractivity contribution in [2.75, 3.05) is 24.8 Å². The number of aromatic nitrogens is 2. The first-order valence-corrected chi connectivity index (χ1v) is 9.25. The molecule has 1 heterocycles. The lowest BCUT2D eigenvalue weighted by Gasteiger charge is -2.21. The van der Waals surface area contributed by atoms with Gasteiger partial charge in [0, 0.05) is 30.6 Å². The van der Waals surface area contributed by atoms with E-state index in [1.807, 2.05) is 18.2 Å². The molecular formula is C20H20BrN3O3S. The first-order chi connectivity index (χ1) is 13.1. The fraction of sp³-hybridized carbons (Fsp3) is 0.150. The number of amides is 1. The zero-order chi connectivity index (χ0) is 19.2. The molecule has 0 radical (unpaired) electrons. The third kappa shape index (κ3) is 5.02. The summed E-state index contributed by atoms with van der Waals surface area (Å²) in [6.45, 7) is 0. The van der Waals surface area contributed by atoms with E-state index in [0.717, 1.165) is 0 Å². The minimum Gasteiger partial charge on any atom is -0.497 e. The summed E-state index contributed by atoms with van der Waals surface area (Å²) in [5.41, 5.74) is 1.51. The van der Waals surface area contributed by atoms with Gasteiger partial charge in [-0.3, -0.25) is 9.59 Å². The Hall–Kier alpha value is -2.58. The highest BCUT2D eigenvalue weighted by atomic mass is 79.9. The number of aromatic amines is 1. The predicted molar refractivity (Wildman–Crippen MR) is 116 cm³/mol. The Morgan fingerprint density at radius 2 is 1.93 bits per heavy atom. The zero-order valence-corrected chi connectivity index (χ0v) is 17.9. The number of H-pyrrole nitrogens is 1. The number of thioether (sulfide) groups is 1. The Morgan fingerprint density at radius 1 is 1.18 bits per heavy atom. The molecule has 0 saturated carbocycles. The van der Waals surface area contributed by atoms with Crippen LogP contribution in [0.4, 0.5) is 5.69 Å². The molecule has 1 amide bonds. The van der Waals surface area contributed by atoms with Crippen LogP contribution in [0.3, 0.4) is 0 Å². The van der Waals surface area contributed by atoms with Gasteiger partial charge < -0.3 is 14.6 Å². The Labute approximate surface area is 178 Å². The van der Waals surface area contributed by atoms with Gasteiger partial charge in [0.25, 0.3) is 0 Å². The van der Waals surface area contributed by atoms with Crippen molar-refractivity contribution in [3.05, 3.63) is 72.1 Å². The van der Waals surface area contributed by atoms with Crippen molar-refractivity contribution in [1.82, 2.24) is 9.97 Å². The lowest BCUT2D eigenvalue weighted by molar-refractivity contribution is -0.115. The maximum atomic E-state index is 13.0. The Bertz CT molecular complexity index is 933. The minimum atomic E-state index is -0.164. The van der Waals surface area contributed by atoms with Crippen molar-refractivity contribution in [3.8, 4) is 5.75 Å². The van der Waals surface area contributed by atoms with Crippen LogP contribution in [-0.2, 0) is 4.79 Å². The average Bonchev–Trinajstić information content (AvgIpc) is 3.24. The maximum Gasteiger partial charge on any atom is 0.237 e. The summed E-state index contributed by atoms with van der Waals surface area (Å²) in [5, 5.41) is 0.673. The summed E-state index contributed by atoms with van der Waals surface area (Å²) in [6, 6.07) is 14.1. The maximum absolute atomic E-state index is 13.0. The van der Waals surface area contributed by atoms with E-state index in [1.54, 1.807) is 56.9 Å². The smallest absolute Gasteiger partial charge is 0.237 e. The third-order valence-corrected chi connectivity index (χ3v) is 4.91. The minimum absolute atomic E-state index is 0. The van der Waals surface area contributed by atoms with E-state index in [4.69, 9.17) is 4.74 Å². The highest BCUT2D eigenvalue weighted by Gasteiger charge is 2.21. The number of ether oxygens (including phenoxy) is 1. The van der Waals surface area contributed by atoms with Crippen molar-refractivity contribution in [3.63, 3.8) is 0 Å². The molecule has 3 rings (SSSR count). The summed E-state index contributed by atoms with van der Waals surface area (Å²) in [6.07, 6.45) is 3.34. The topological polar surface area (TPSA) is 75.3 Å². The number of hydrogen-bond donors (Lipinski definition) is 1. The van der Waals surface area contributed by atoms with Gasteiger partial charge in [-0.1, -0.05) is 42.1 Å². The number of nitrogens with one attached hydrogen (secondary N) is 1. The number of benzene rings is 2. The number of methoxy groups -OCH3 is 1. The van der Waals surface area contributed by atoms with Crippen LogP contribution < -0.4 is 9.64 Å². The van der Waals surface area contributed by atoms with Crippen molar-refractivity contribution >= 4 is 46.1 Å². The standard InChI is InChI=1S/C20H19N3O3S.BrH/c1-23(18(24)13-27-20-21-10-11-22-20)17-9-8-15(26-2)12-16(17)19(25)14-6-4-3-5-7-14;/h3-12H,13H2,1-2H3,(H,21,22);1H. The number of carbonyl (C=O) groups excluding carboxylic acids is 2. The van der Waals surface area contributed by atoms with E-state index in [-0.39, 0.29) is 34.4 Å². The fourth-order valence-corrected chi connectivity index (χ4v) is 3.29. The molecule has 0 aliphatic carbocycles. The molecule has 1 N–H and O–H groups in total. The van der Waals surface area contributed by atoms with Gasteiger partial charge in [-0.05, 0) is 18.2 Å². The zero-order valence-electron chi connectivity index (χ0n) is 15.4. The van der Waals surface area contributed by atoms with Gasteiger partial charge in [-0.25, -0.2) is 4.98 Å². The summed E-state index contributed by atoms with van der Waals surface area (Å²) < 4.78 is 5.26. The van der Waals surface area contributed by atoms with Crippen molar-refractivity contribution < 1.29 is 14.3 Å². The van der Waals surface area contributed by atoms with E-state index in [0.29, 0.717) is 27.7 Å². The largest absolute Gasteiger partial charge is 0.497 e. The quantitative estimate of drug-likeness (QED) is 0.425. The van der Waals surface area contributed by atoms with E-state index >= 15 is 0 Å².